The van der Waals surface area contributed by atoms with E-state index in [4.69, 9.17) is 9.47 Å². The first-order valence-corrected chi connectivity index (χ1v) is 8.36. The number of benzene rings is 2. The molecule has 2 aromatic rings. The van der Waals surface area contributed by atoms with Gasteiger partial charge >= 0.3 is 5.97 Å². The number of fused-ring (bicyclic) bond motifs is 1. The van der Waals surface area contributed by atoms with Gasteiger partial charge in [-0.25, -0.2) is 4.79 Å². The highest BCUT2D eigenvalue weighted by Gasteiger charge is 2.17. The minimum absolute atomic E-state index is 0.350. The number of unbranched alkanes of at least 4 members (excludes halogenated alkanes) is 2. The highest BCUT2D eigenvalue weighted by molar-refractivity contribution is 6.07. The largest absolute Gasteiger partial charge is 0.493 e. The van der Waals surface area contributed by atoms with E-state index in [1.807, 2.05) is 36.4 Å². The Morgan fingerprint density at radius 2 is 1.83 bits per heavy atom. The first-order chi connectivity index (χ1) is 11.1. The van der Waals surface area contributed by atoms with Gasteiger partial charge in [-0.1, -0.05) is 63.4 Å². The molecule has 124 valence electrons. The molecule has 0 saturated carbocycles. The highest BCUT2D eigenvalue weighted by atomic mass is 16.5. The molecule has 0 spiro atoms. The minimum Gasteiger partial charge on any atom is -0.493 e. The Labute approximate surface area is 138 Å². The molecule has 0 fully saturated rings. The number of ether oxygens (including phenoxy) is 2. The SMILES string of the molecule is COC(=O)c1c(OCCCCCC(C)C)ccc2ccccc12. The van der Waals surface area contributed by atoms with Gasteiger partial charge in [-0.2, -0.15) is 0 Å². The van der Waals surface area contributed by atoms with E-state index >= 15 is 0 Å². The van der Waals surface area contributed by atoms with Crippen molar-refractivity contribution in [2.75, 3.05) is 13.7 Å². The van der Waals surface area contributed by atoms with Crippen LogP contribution in [0.1, 0.15) is 49.9 Å². The summed E-state index contributed by atoms with van der Waals surface area (Å²) in [6.45, 7) is 5.11. The predicted octanol–water partition coefficient (Wildman–Crippen LogP) is 5.22. The maximum atomic E-state index is 12.2. The third-order valence-electron chi connectivity index (χ3n) is 3.96. The minimum atomic E-state index is -0.350. The van der Waals surface area contributed by atoms with Crippen LogP contribution in [0.2, 0.25) is 0 Å². The molecular weight excluding hydrogens is 288 g/mol. The van der Waals surface area contributed by atoms with Crippen LogP contribution in [0.3, 0.4) is 0 Å². The van der Waals surface area contributed by atoms with Crippen molar-refractivity contribution in [1.82, 2.24) is 0 Å². The number of methoxy groups -OCH3 is 1. The normalized spacial score (nSPS) is 11.0. The molecule has 0 aromatic heterocycles. The third kappa shape index (κ3) is 4.72. The average molecular weight is 314 g/mol. The molecular formula is C20H26O3. The molecule has 0 bridgehead atoms. The molecule has 3 heteroatoms. The summed E-state index contributed by atoms with van der Waals surface area (Å²) in [7, 11) is 1.40. The molecule has 0 aliphatic carbocycles. The fourth-order valence-corrected chi connectivity index (χ4v) is 2.70. The maximum Gasteiger partial charge on any atom is 0.342 e. The van der Waals surface area contributed by atoms with E-state index < -0.39 is 0 Å². The Morgan fingerprint density at radius 1 is 1.04 bits per heavy atom. The topological polar surface area (TPSA) is 35.5 Å². The first-order valence-electron chi connectivity index (χ1n) is 8.36. The zero-order chi connectivity index (χ0) is 16.7. The molecule has 3 nitrogen and oxygen atoms in total. The van der Waals surface area contributed by atoms with Crippen molar-refractivity contribution >= 4 is 16.7 Å². The number of hydrogen-bond acceptors (Lipinski definition) is 3. The monoisotopic (exact) mass is 314 g/mol. The van der Waals surface area contributed by atoms with Gasteiger partial charge in [0.25, 0.3) is 0 Å². The Kier molecular flexibility index (Phi) is 6.45. The lowest BCUT2D eigenvalue weighted by Crippen LogP contribution is -2.07. The van der Waals surface area contributed by atoms with Crippen LogP contribution in [0.4, 0.5) is 0 Å². The van der Waals surface area contributed by atoms with E-state index in [1.165, 1.54) is 20.0 Å². The summed E-state index contributed by atoms with van der Waals surface area (Å²) in [5, 5.41) is 1.88. The molecule has 23 heavy (non-hydrogen) atoms. The summed E-state index contributed by atoms with van der Waals surface area (Å²) in [5.41, 5.74) is 0.521. The summed E-state index contributed by atoms with van der Waals surface area (Å²) >= 11 is 0. The van der Waals surface area contributed by atoms with E-state index in [9.17, 15) is 4.79 Å². The molecule has 2 rings (SSSR count). The quantitative estimate of drug-likeness (QED) is 0.495. The van der Waals surface area contributed by atoms with E-state index in [1.54, 1.807) is 0 Å². The smallest absolute Gasteiger partial charge is 0.342 e. The van der Waals surface area contributed by atoms with Crippen LogP contribution >= 0.6 is 0 Å². The highest BCUT2D eigenvalue weighted by Crippen LogP contribution is 2.29. The van der Waals surface area contributed by atoms with Crippen molar-refractivity contribution < 1.29 is 14.3 Å². The summed E-state index contributed by atoms with van der Waals surface area (Å²) in [5.74, 6) is 1.01. The molecule has 0 unspecified atom stereocenters. The lowest BCUT2D eigenvalue weighted by molar-refractivity contribution is 0.0598. The summed E-state index contributed by atoms with van der Waals surface area (Å²) in [6, 6.07) is 11.6. The van der Waals surface area contributed by atoms with E-state index in [2.05, 4.69) is 13.8 Å². The second-order valence-corrected chi connectivity index (χ2v) is 6.24. The van der Waals surface area contributed by atoms with Crippen molar-refractivity contribution in [3.8, 4) is 5.75 Å². The van der Waals surface area contributed by atoms with Gasteiger partial charge in [-0.15, -0.1) is 0 Å². The van der Waals surface area contributed by atoms with Gasteiger partial charge in [0.2, 0.25) is 0 Å². The molecule has 0 amide bonds. The lowest BCUT2D eigenvalue weighted by Gasteiger charge is -2.13. The predicted molar refractivity (Wildman–Crippen MR) is 94.1 cm³/mol. The molecule has 0 aliphatic rings. The van der Waals surface area contributed by atoms with E-state index in [-0.39, 0.29) is 5.97 Å². The van der Waals surface area contributed by atoms with Crippen LogP contribution in [0.5, 0.6) is 5.75 Å². The standard InChI is InChI=1S/C20H26O3/c1-15(2)9-5-4-8-14-23-18-13-12-16-10-6-7-11-17(16)19(18)20(21)22-3/h6-7,10-13,15H,4-5,8-9,14H2,1-3H3. The van der Waals surface area contributed by atoms with Crippen LogP contribution < -0.4 is 4.74 Å². The molecule has 0 atom stereocenters. The van der Waals surface area contributed by atoms with Gasteiger partial charge in [-0.3, -0.25) is 0 Å². The lowest BCUT2D eigenvalue weighted by atomic mass is 10.0. The van der Waals surface area contributed by atoms with Crippen LogP contribution in [0, 0.1) is 5.92 Å². The van der Waals surface area contributed by atoms with Crippen molar-refractivity contribution in [1.29, 1.82) is 0 Å². The Morgan fingerprint density at radius 3 is 2.57 bits per heavy atom. The first kappa shape index (κ1) is 17.3. The molecule has 2 aromatic carbocycles. The number of rotatable bonds is 8. The fraction of sp³-hybridized carbons (Fsp3) is 0.450. The molecule has 0 radical (unpaired) electrons. The maximum absolute atomic E-state index is 12.2. The zero-order valence-electron chi connectivity index (χ0n) is 14.3. The van der Waals surface area contributed by atoms with Gasteiger partial charge in [0.05, 0.1) is 13.7 Å². The second kappa shape index (κ2) is 8.56. The number of esters is 1. The van der Waals surface area contributed by atoms with Crippen molar-refractivity contribution in [3.05, 3.63) is 42.0 Å². The Hall–Kier alpha value is -2.03. The van der Waals surface area contributed by atoms with Crippen LogP contribution in [-0.2, 0) is 4.74 Å². The van der Waals surface area contributed by atoms with E-state index in [0.29, 0.717) is 17.9 Å². The molecule has 0 N–H and O–H groups in total. The van der Waals surface area contributed by atoms with Crippen LogP contribution in [0.25, 0.3) is 10.8 Å². The van der Waals surface area contributed by atoms with Crippen molar-refractivity contribution in [3.63, 3.8) is 0 Å². The number of hydrogen-bond donors (Lipinski definition) is 0. The van der Waals surface area contributed by atoms with Gasteiger partial charge in [0, 0.05) is 0 Å². The Balaban J connectivity index is 2.06. The van der Waals surface area contributed by atoms with Crippen molar-refractivity contribution in [2.24, 2.45) is 5.92 Å². The van der Waals surface area contributed by atoms with Gasteiger partial charge in [-0.05, 0) is 29.2 Å². The van der Waals surface area contributed by atoms with Gasteiger partial charge < -0.3 is 9.47 Å². The summed E-state index contributed by atoms with van der Waals surface area (Å²) in [6.07, 6.45) is 4.63. The third-order valence-corrected chi connectivity index (χ3v) is 3.96. The molecule has 0 aliphatic heterocycles. The molecule has 0 heterocycles. The van der Waals surface area contributed by atoms with E-state index in [0.717, 1.165) is 29.5 Å². The summed E-state index contributed by atoms with van der Waals surface area (Å²) in [4.78, 5) is 12.2. The average Bonchev–Trinajstić information content (AvgIpc) is 2.56. The molecule has 0 saturated heterocycles. The van der Waals surface area contributed by atoms with Crippen LogP contribution in [-0.4, -0.2) is 19.7 Å². The number of carbonyl (C=O) groups is 1. The fourth-order valence-electron chi connectivity index (χ4n) is 2.70. The van der Waals surface area contributed by atoms with Crippen LogP contribution in [0.15, 0.2) is 36.4 Å². The zero-order valence-corrected chi connectivity index (χ0v) is 14.3. The summed E-state index contributed by atoms with van der Waals surface area (Å²) < 4.78 is 10.8. The van der Waals surface area contributed by atoms with Crippen molar-refractivity contribution in [2.45, 2.75) is 39.5 Å². The number of carbonyl (C=O) groups excluding carboxylic acids is 1. The second-order valence-electron chi connectivity index (χ2n) is 6.24. The Bertz CT molecular complexity index is 646. The van der Waals surface area contributed by atoms with Gasteiger partial charge in [0.1, 0.15) is 11.3 Å². The van der Waals surface area contributed by atoms with Gasteiger partial charge in [0.15, 0.2) is 0 Å².